The predicted octanol–water partition coefficient (Wildman–Crippen LogP) is 1.63. The van der Waals surface area contributed by atoms with Crippen molar-refractivity contribution in [2.75, 3.05) is 32.8 Å². The number of nitrogens with one attached hydrogen (secondary N) is 1. The van der Waals surface area contributed by atoms with E-state index in [0.717, 1.165) is 19.7 Å². The summed E-state index contributed by atoms with van der Waals surface area (Å²) >= 11 is 0. The van der Waals surface area contributed by atoms with Gasteiger partial charge < -0.3 is 10.1 Å². The number of nitrogens with zero attached hydrogens (tertiary/aromatic N) is 1. The van der Waals surface area contributed by atoms with Crippen LogP contribution in [-0.2, 0) is 4.74 Å². The summed E-state index contributed by atoms with van der Waals surface area (Å²) in [5.41, 5.74) is 0.879. The van der Waals surface area contributed by atoms with Crippen LogP contribution in [-0.4, -0.2) is 49.3 Å². The molecule has 0 aromatic carbocycles. The maximum Gasteiger partial charge on any atom is 0.0703 e. The summed E-state index contributed by atoms with van der Waals surface area (Å²) in [7, 11) is 0. The van der Waals surface area contributed by atoms with Gasteiger partial charge in [0.25, 0.3) is 0 Å². The van der Waals surface area contributed by atoms with E-state index < -0.39 is 0 Å². The summed E-state index contributed by atoms with van der Waals surface area (Å²) in [5, 5.41) is 3.66. The highest BCUT2D eigenvalue weighted by atomic mass is 16.5. The maximum absolute atomic E-state index is 5.82. The van der Waals surface area contributed by atoms with Gasteiger partial charge in [0.05, 0.1) is 6.10 Å². The Bertz CT molecular complexity index is 280. The zero-order chi connectivity index (χ0) is 11.9. The third-order valence-electron chi connectivity index (χ3n) is 4.85. The number of hydrogen-bond donors (Lipinski definition) is 1. The fraction of sp³-hybridized carbons (Fsp3) is 1.00. The van der Waals surface area contributed by atoms with Gasteiger partial charge in [0, 0.05) is 38.3 Å². The summed E-state index contributed by atoms with van der Waals surface area (Å²) in [6.07, 6.45) is 5.83. The zero-order valence-corrected chi connectivity index (χ0v) is 11.3. The zero-order valence-electron chi connectivity index (χ0n) is 11.3. The van der Waals surface area contributed by atoms with E-state index in [-0.39, 0.29) is 5.54 Å². The average molecular weight is 238 g/mol. The molecule has 3 nitrogen and oxygen atoms in total. The van der Waals surface area contributed by atoms with Gasteiger partial charge in [0.1, 0.15) is 0 Å². The van der Waals surface area contributed by atoms with E-state index in [1.165, 1.54) is 38.8 Å². The van der Waals surface area contributed by atoms with Crippen LogP contribution in [0.2, 0.25) is 0 Å². The molecule has 2 aliphatic heterocycles. The van der Waals surface area contributed by atoms with Crippen LogP contribution in [0.4, 0.5) is 0 Å². The van der Waals surface area contributed by atoms with E-state index in [1.807, 2.05) is 0 Å². The first-order chi connectivity index (χ1) is 8.10. The molecule has 1 spiro atoms. The first kappa shape index (κ1) is 11.9. The Kier molecular flexibility index (Phi) is 2.96. The molecule has 0 radical (unpaired) electrons. The van der Waals surface area contributed by atoms with Gasteiger partial charge in [-0.15, -0.1) is 0 Å². The SMILES string of the molecule is CC1(C)CNCC2(CC2)CN1CC1CCCO1. The summed E-state index contributed by atoms with van der Waals surface area (Å²) in [4.78, 5) is 2.69. The molecule has 2 saturated heterocycles. The average Bonchev–Trinajstić information content (AvgIpc) is 2.86. The predicted molar refractivity (Wildman–Crippen MR) is 69.2 cm³/mol. The molecule has 0 bridgehead atoms. The van der Waals surface area contributed by atoms with Crippen molar-refractivity contribution in [2.24, 2.45) is 5.41 Å². The van der Waals surface area contributed by atoms with E-state index in [2.05, 4.69) is 24.1 Å². The molecule has 1 N–H and O–H groups in total. The van der Waals surface area contributed by atoms with Gasteiger partial charge >= 0.3 is 0 Å². The third-order valence-corrected chi connectivity index (χ3v) is 4.85. The van der Waals surface area contributed by atoms with E-state index in [0.29, 0.717) is 11.5 Å². The number of hydrogen-bond acceptors (Lipinski definition) is 3. The Hall–Kier alpha value is -0.120. The quantitative estimate of drug-likeness (QED) is 0.791. The molecule has 1 unspecified atom stereocenters. The smallest absolute Gasteiger partial charge is 0.0703 e. The van der Waals surface area contributed by atoms with Crippen molar-refractivity contribution in [3.05, 3.63) is 0 Å². The van der Waals surface area contributed by atoms with Crippen LogP contribution in [0.1, 0.15) is 39.5 Å². The molecule has 0 aromatic rings. The van der Waals surface area contributed by atoms with Crippen LogP contribution in [0.25, 0.3) is 0 Å². The summed E-state index contributed by atoms with van der Waals surface area (Å²) in [5.74, 6) is 0. The summed E-state index contributed by atoms with van der Waals surface area (Å²) in [6, 6.07) is 0. The second-order valence-electron chi connectivity index (χ2n) is 6.93. The largest absolute Gasteiger partial charge is 0.377 e. The lowest BCUT2D eigenvalue weighted by atomic mass is 10.00. The molecule has 2 heterocycles. The fourth-order valence-electron chi connectivity index (χ4n) is 3.28. The maximum atomic E-state index is 5.82. The Morgan fingerprint density at radius 1 is 1.29 bits per heavy atom. The highest BCUT2D eigenvalue weighted by Gasteiger charge is 2.48. The Balaban J connectivity index is 1.68. The molecule has 98 valence electrons. The van der Waals surface area contributed by atoms with E-state index in [9.17, 15) is 0 Å². The van der Waals surface area contributed by atoms with Gasteiger partial charge in [0.15, 0.2) is 0 Å². The van der Waals surface area contributed by atoms with Crippen molar-refractivity contribution in [1.82, 2.24) is 10.2 Å². The Morgan fingerprint density at radius 2 is 2.12 bits per heavy atom. The van der Waals surface area contributed by atoms with Crippen LogP contribution in [0, 0.1) is 5.41 Å². The van der Waals surface area contributed by atoms with Crippen LogP contribution in [0.15, 0.2) is 0 Å². The van der Waals surface area contributed by atoms with Gasteiger partial charge in [-0.1, -0.05) is 0 Å². The second-order valence-corrected chi connectivity index (χ2v) is 6.93. The third kappa shape index (κ3) is 2.51. The van der Waals surface area contributed by atoms with Crippen LogP contribution in [0.5, 0.6) is 0 Å². The van der Waals surface area contributed by atoms with Gasteiger partial charge in [-0.25, -0.2) is 0 Å². The molecule has 17 heavy (non-hydrogen) atoms. The first-order valence-corrected chi connectivity index (χ1v) is 7.17. The molecule has 3 fully saturated rings. The van der Waals surface area contributed by atoms with Crippen molar-refractivity contribution in [3.63, 3.8) is 0 Å². The Morgan fingerprint density at radius 3 is 2.76 bits per heavy atom. The lowest BCUT2D eigenvalue weighted by Gasteiger charge is -2.39. The van der Waals surface area contributed by atoms with Gasteiger partial charge in [-0.3, -0.25) is 4.90 Å². The topological polar surface area (TPSA) is 24.5 Å². The lowest BCUT2D eigenvalue weighted by molar-refractivity contribution is 0.0296. The molecule has 3 heteroatoms. The summed E-state index contributed by atoms with van der Waals surface area (Å²) < 4.78 is 5.82. The van der Waals surface area contributed by atoms with Crippen LogP contribution >= 0.6 is 0 Å². The second kappa shape index (κ2) is 4.22. The van der Waals surface area contributed by atoms with Crippen molar-refractivity contribution < 1.29 is 4.74 Å². The molecule has 1 aliphatic carbocycles. The number of ether oxygens (including phenoxy) is 1. The molecule has 0 amide bonds. The van der Waals surface area contributed by atoms with Crippen LogP contribution < -0.4 is 5.32 Å². The molecular weight excluding hydrogens is 212 g/mol. The van der Waals surface area contributed by atoms with E-state index in [1.54, 1.807) is 0 Å². The minimum atomic E-state index is 0.276. The molecule has 1 atom stereocenters. The van der Waals surface area contributed by atoms with Gasteiger partial charge in [0.2, 0.25) is 0 Å². The first-order valence-electron chi connectivity index (χ1n) is 7.17. The highest BCUT2D eigenvalue weighted by Crippen LogP contribution is 2.47. The molecular formula is C14H26N2O. The minimum absolute atomic E-state index is 0.276. The molecule has 0 aromatic heterocycles. The standard InChI is InChI=1S/C14H26N2O/c1-13(2)9-15-10-14(5-6-14)11-16(13)8-12-4-3-7-17-12/h12,15H,3-11H2,1-2H3. The Labute approximate surface area is 105 Å². The van der Waals surface area contributed by atoms with E-state index in [4.69, 9.17) is 4.74 Å². The normalized spacial score (nSPS) is 36.0. The molecule has 1 saturated carbocycles. The van der Waals surface area contributed by atoms with Crippen LogP contribution in [0.3, 0.4) is 0 Å². The molecule has 3 rings (SSSR count). The van der Waals surface area contributed by atoms with Crippen molar-refractivity contribution in [2.45, 2.75) is 51.2 Å². The monoisotopic (exact) mass is 238 g/mol. The van der Waals surface area contributed by atoms with Gasteiger partial charge in [-0.05, 0) is 44.9 Å². The highest BCUT2D eigenvalue weighted by molar-refractivity contribution is 5.03. The van der Waals surface area contributed by atoms with E-state index >= 15 is 0 Å². The van der Waals surface area contributed by atoms with Crippen molar-refractivity contribution in [1.29, 1.82) is 0 Å². The summed E-state index contributed by atoms with van der Waals surface area (Å²) in [6.45, 7) is 10.5. The van der Waals surface area contributed by atoms with Crippen molar-refractivity contribution >= 4 is 0 Å². The fourth-order valence-corrected chi connectivity index (χ4v) is 3.28. The lowest BCUT2D eigenvalue weighted by Crippen LogP contribution is -2.51. The number of rotatable bonds is 2. The van der Waals surface area contributed by atoms with Gasteiger partial charge in [-0.2, -0.15) is 0 Å². The molecule has 3 aliphatic rings. The minimum Gasteiger partial charge on any atom is -0.377 e. The van der Waals surface area contributed by atoms with Crippen molar-refractivity contribution in [3.8, 4) is 0 Å².